The van der Waals surface area contributed by atoms with Gasteiger partial charge in [-0.05, 0) is 11.6 Å². The smallest absolute Gasteiger partial charge is 0.404 e. The minimum Gasteiger partial charge on any atom is -0.490 e. The number of methoxy groups -OCH3 is 1. The summed E-state index contributed by atoms with van der Waals surface area (Å²) < 4.78 is 15.3. The van der Waals surface area contributed by atoms with Crippen molar-refractivity contribution in [3.63, 3.8) is 0 Å². The summed E-state index contributed by atoms with van der Waals surface area (Å²) in [6.07, 6.45) is 0.153. The van der Waals surface area contributed by atoms with Gasteiger partial charge < -0.3 is 19.9 Å². The van der Waals surface area contributed by atoms with E-state index in [1.54, 1.807) is 6.07 Å². The number of nitro benzene ring substituents is 1. The Hall–Kier alpha value is -2.35. The monoisotopic (exact) mass is 296 g/mol. The van der Waals surface area contributed by atoms with Crippen molar-refractivity contribution < 1.29 is 23.9 Å². The zero-order valence-corrected chi connectivity index (χ0v) is 11.5. The van der Waals surface area contributed by atoms with Crippen molar-refractivity contribution >= 4 is 11.8 Å². The molecular formula is C13H16N2O6. The first-order chi connectivity index (χ1) is 9.99. The third kappa shape index (κ3) is 3.82. The lowest BCUT2D eigenvalue weighted by atomic mass is 9.92. The van der Waals surface area contributed by atoms with Crippen LogP contribution >= 0.6 is 0 Å². The topological polar surface area (TPSA) is 114 Å². The molecule has 8 heteroatoms. The van der Waals surface area contributed by atoms with E-state index in [0.29, 0.717) is 18.4 Å². The molecule has 0 radical (unpaired) electrons. The SMILES string of the molecule is COc1ccc(COC2CC(OC(N)=O)C2)cc1[N+](=O)[O-]. The van der Waals surface area contributed by atoms with Crippen LogP contribution in [0.2, 0.25) is 0 Å². The van der Waals surface area contributed by atoms with Gasteiger partial charge >= 0.3 is 11.8 Å². The van der Waals surface area contributed by atoms with Crippen molar-refractivity contribution in [2.24, 2.45) is 5.73 Å². The summed E-state index contributed by atoms with van der Waals surface area (Å²) in [6, 6.07) is 4.67. The van der Waals surface area contributed by atoms with Crippen molar-refractivity contribution in [1.29, 1.82) is 0 Å². The number of ether oxygens (including phenoxy) is 3. The number of amides is 1. The number of carbonyl (C=O) groups is 1. The van der Waals surface area contributed by atoms with Gasteiger partial charge in [0, 0.05) is 18.9 Å². The van der Waals surface area contributed by atoms with Crippen LogP contribution in [0.1, 0.15) is 18.4 Å². The lowest BCUT2D eigenvalue weighted by Gasteiger charge is -2.33. The van der Waals surface area contributed by atoms with Gasteiger partial charge in [-0.25, -0.2) is 4.79 Å². The zero-order valence-electron chi connectivity index (χ0n) is 11.5. The molecule has 114 valence electrons. The number of benzene rings is 1. The molecule has 1 aliphatic rings. The van der Waals surface area contributed by atoms with E-state index in [1.165, 1.54) is 19.2 Å². The first kappa shape index (κ1) is 15.0. The van der Waals surface area contributed by atoms with Crippen molar-refractivity contribution in [3.8, 4) is 5.75 Å². The molecule has 2 N–H and O–H groups in total. The number of nitrogens with two attached hydrogens (primary N) is 1. The largest absolute Gasteiger partial charge is 0.490 e. The van der Waals surface area contributed by atoms with Crippen LogP contribution in [0.4, 0.5) is 10.5 Å². The second-order valence-corrected chi connectivity index (χ2v) is 4.73. The second kappa shape index (κ2) is 6.40. The number of nitrogens with zero attached hydrogens (tertiary/aromatic N) is 1. The Labute approximate surface area is 120 Å². The number of hydrogen-bond acceptors (Lipinski definition) is 6. The molecular weight excluding hydrogens is 280 g/mol. The van der Waals surface area contributed by atoms with Crippen LogP contribution in [0.5, 0.6) is 5.75 Å². The van der Waals surface area contributed by atoms with E-state index >= 15 is 0 Å². The predicted octanol–water partition coefficient (Wildman–Crippen LogP) is 1.75. The van der Waals surface area contributed by atoms with E-state index in [9.17, 15) is 14.9 Å². The van der Waals surface area contributed by atoms with Crippen LogP contribution in [-0.2, 0) is 16.1 Å². The Balaban J connectivity index is 1.86. The Bertz CT molecular complexity index is 541. The predicted molar refractivity (Wildman–Crippen MR) is 71.9 cm³/mol. The maximum Gasteiger partial charge on any atom is 0.404 e. The average molecular weight is 296 g/mol. The van der Waals surface area contributed by atoms with E-state index < -0.39 is 11.0 Å². The molecule has 0 spiro atoms. The fourth-order valence-corrected chi connectivity index (χ4v) is 2.10. The molecule has 1 aliphatic carbocycles. The lowest BCUT2D eigenvalue weighted by Crippen LogP contribution is -2.39. The molecule has 2 rings (SSSR count). The van der Waals surface area contributed by atoms with Gasteiger partial charge in [0.2, 0.25) is 0 Å². The van der Waals surface area contributed by atoms with Gasteiger partial charge in [0.25, 0.3) is 0 Å². The van der Waals surface area contributed by atoms with E-state index in [0.717, 1.165) is 0 Å². The molecule has 0 bridgehead atoms. The Morgan fingerprint density at radius 1 is 1.43 bits per heavy atom. The molecule has 1 aromatic carbocycles. The average Bonchev–Trinajstić information content (AvgIpc) is 2.40. The molecule has 0 aliphatic heterocycles. The molecule has 0 saturated heterocycles. The quantitative estimate of drug-likeness (QED) is 0.631. The molecule has 0 heterocycles. The Morgan fingerprint density at radius 2 is 2.14 bits per heavy atom. The van der Waals surface area contributed by atoms with Crippen LogP contribution in [-0.4, -0.2) is 30.3 Å². The number of primary amides is 1. The summed E-state index contributed by atoms with van der Waals surface area (Å²) in [6.45, 7) is 0.249. The highest BCUT2D eigenvalue weighted by atomic mass is 16.6. The number of hydrogen-bond donors (Lipinski definition) is 1. The highest BCUT2D eigenvalue weighted by Gasteiger charge is 2.32. The third-order valence-electron chi connectivity index (χ3n) is 3.26. The fraction of sp³-hybridized carbons (Fsp3) is 0.462. The molecule has 0 unspecified atom stereocenters. The normalized spacial score (nSPS) is 20.4. The molecule has 1 saturated carbocycles. The van der Waals surface area contributed by atoms with Crippen LogP contribution in [0.3, 0.4) is 0 Å². The summed E-state index contributed by atoms with van der Waals surface area (Å²) in [5.41, 5.74) is 5.49. The number of nitro groups is 1. The summed E-state index contributed by atoms with van der Waals surface area (Å²) in [5.74, 6) is 0.210. The summed E-state index contributed by atoms with van der Waals surface area (Å²) >= 11 is 0. The third-order valence-corrected chi connectivity index (χ3v) is 3.26. The van der Waals surface area contributed by atoms with Gasteiger partial charge in [0.15, 0.2) is 5.75 Å². The molecule has 0 aromatic heterocycles. The summed E-state index contributed by atoms with van der Waals surface area (Å²) in [4.78, 5) is 20.9. The molecule has 1 amide bonds. The van der Waals surface area contributed by atoms with Crippen molar-refractivity contribution in [2.45, 2.75) is 31.7 Å². The molecule has 21 heavy (non-hydrogen) atoms. The highest BCUT2D eigenvalue weighted by molar-refractivity contribution is 5.64. The zero-order chi connectivity index (χ0) is 15.4. The number of rotatable bonds is 6. The fourth-order valence-electron chi connectivity index (χ4n) is 2.10. The minimum absolute atomic E-state index is 0.0319. The van der Waals surface area contributed by atoms with Crippen LogP contribution in [0, 0.1) is 10.1 Å². The van der Waals surface area contributed by atoms with Gasteiger partial charge in [-0.3, -0.25) is 10.1 Å². The van der Waals surface area contributed by atoms with Crippen molar-refractivity contribution in [3.05, 3.63) is 33.9 Å². The van der Waals surface area contributed by atoms with Gasteiger partial charge in [-0.1, -0.05) is 6.07 Å². The van der Waals surface area contributed by atoms with Crippen LogP contribution in [0.25, 0.3) is 0 Å². The maximum absolute atomic E-state index is 10.9. The first-order valence-corrected chi connectivity index (χ1v) is 6.38. The molecule has 1 aromatic rings. The highest BCUT2D eigenvalue weighted by Crippen LogP contribution is 2.30. The first-order valence-electron chi connectivity index (χ1n) is 6.38. The van der Waals surface area contributed by atoms with Crippen molar-refractivity contribution in [1.82, 2.24) is 0 Å². The molecule has 8 nitrogen and oxygen atoms in total. The van der Waals surface area contributed by atoms with E-state index in [2.05, 4.69) is 0 Å². The van der Waals surface area contributed by atoms with Gasteiger partial charge in [-0.2, -0.15) is 0 Å². The van der Waals surface area contributed by atoms with Crippen LogP contribution in [0.15, 0.2) is 18.2 Å². The van der Waals surface area contributed by atoms with Crippen molar-refractivity contribution in [2.75, 3.05) is 7.11 Å². The Kier molecular flexibility index (Phi) is 4.59. The van der Waals surface area contributed by atoms with E-state index in [4.69, 9.17) is 19.9 Å². The molecule has 1 fully saturated rings. The van der Waals surface area contributed by atoms with Gasteiger partial charge in [-0.15, -0.1) is 0 Å². The standard InChI is InChI=1S/C13H16N2O6/c1-19-12-3-2-8(4-11(12)15(17)18)7-20-9-5-10(6-9)21-13(14)16/h2-4,9-10H,5-7H2,1H3,(H2,14,16). The number of carbonyl (C=O) groups excluding carboxylic acids is 1. The maximum atomic E-state index is 10.9. The van der Waals surface area contributed by atoms with Gasteiger partial charge in [0.05, 0.1) is 24.7 Å². The van der Waals surface area contributed by atoms with Gasteiger partial charge in [0.1, 0.15) is 6.10 Å². The molecule has 0 atom stereocenters. The summed E-state index contributed by atoms with van der Waals surface area (Å²) in [7, 11) is 1.38. The van der Waals surface area contributed by atoms with E-state index in [1.807, 2.05) is 0 Å². The Morgan fingerprint density at radius 3 is 2.71 bits per heavy atom. The second-order valence-electron chi connectivity index (χ2n) is 4.73. The lowest BCUT2D eigenvalue weighted by molar-refractivity contribution is -0.385. The van der Waals surface area contributed by atoms with E-state index in [-0.39, 0.29) is 30.3 Å². The minimum atomic E-state index is -0.788. The van der Waals surface area contributed by atoms with Crippen LogP contribution < -0.4 is 10.5 Å². The summed E-state index contributed by atoms with van der Waals surface area (Å²) in [5, 5.41) is 10.9.